The van der Waals surface area contributed by atoms with Crippen molar-refractivity contribution in [3.05, 3.63) is 37.2 Å². The number of nitrogens with one attached hydrogen (secondary N) is 1. The number of halogens is 1. The van der Waals surface area contributed by atoms with Gasteiger partial charge in [-0.1, -0.05) is 11.6 Å². The minimum atomic E-state index is -0.456. The molecule has 0 atom stereocenters. The Labute approximate surface area is 130 Å². The second kappa shape index (κ2) is 6.23. The molecule has 0 aliphatic carbocycles. The van der Waals surface area contributed by atoms with Crippen LogP contribution < -0.4 is 10.2 Å². The van der Waals surface area contributed by atoms with E-state index in [1.54, 1.807) is 32.0 Å². The molecule has 0 amide bonds. The molecule has 112 valence electrons. The highest BCUT2D eigenvalue weighted by Crippen LogP contribution is 2.31. The molecule has 9 heteroatoms. The van der Waals surface area contributed by atoms with E-state index in [-0.39, 0.29) is 11.5 Å². The van der Waals surface area contributed by atoms with Crippen LogP contribution in [0.25, 0.3) is 0 Å². The molecule has 0 aliphatic heterocycles. The summed E-state index contributed by atoms with van der Waals surface area (Å²) in [6.45, 7) is 2.08. The molecule has 2 heterocycles. The van der Waals surface area contributed by atoms with Gasteiger partial charge in [-0.15, -0.1) is 11.3 Å². The number of thiophene rings is 1. The van der Waals surface area contributed by atoms with Crippen LogP contribution in [-0.4, -0.2) is 29.0 Å². The Morgan fingerprint density at radius 3 is 2.71 bits per heavy atom. The summed E-state index contributed by atoms with van der Waals surface area (Å²) in [6.07, 6.45) is 0. The van der Waals surface area contributed by atoms with Crippen molar-refractivity contribution in [2.45, 2.75) is 13.5 Å². The molecule has 0 radical (unpaired) electrons. The zero-order valence-corrected chi connectivity index (χ0v) is 13.3. The van der Waals surface area contributed by atoms with Crippen LogP contribution in [0, 0.1) is 17.0 Å². The summed E-state index contributed by atoms with van der Waals surface area (Å²) in [4.78, 5) is 21.8. The number of nitro groups is 1. The third-order valence-corrected chi connectivity index (χ3v) is 4.05. The molecule has 2 aromatic heterocycles. The minimum Gasteiger partial charge on any atom is -0.357 e. The highest BCUT2D eigenvalue weighted by atomic mass is 35.5. The SMILES string of the molecule is CNc1nc(C)c([N+](=O)[O-])c(N(C)Cc2ccc(Cl)s2)n1. The number of aryl methyl sites for hydroxylation is 1. The Kier molecular flexibility index (Phi) is 4.59. The van der Waals surface area contributed by atoms with Crippen LogP contribution in [0.1, 0.15) is 10.6 Å². The van der Waals surface area contributed by atoms with Gasteiger partial charge in [0.2, 0.25) is 11.8 Å². The van der Waals surface area contributed by atoms with Gasteiger partial charge in [0.15, 0.2) is 0 Å². The minimum absolute atomic E-state index is 0.0841. The summed E-state index contributed by atoms with van der Waals surface area (Å²) >= 11 is 7.33. The number of hydrogen-bond acceptors (Lipinski definition) is 7. The molecule has 21 heavy (non-hydrogen) atoms. The van der Waals surface area contributed by atoms with Gasteiger partial charge in [0.25, 0.3) is 0 Å². The summed E-state index contributed by atoms with van der Waals surface area (Å²) in [6, 6.07) is 3.69. The molecule has 0 bridgehead atoms. The summed E-state index contributed by atoms with van der Waals surface area (Å²) in [5, 5.41) is 14.1. The zero-order chi connectivity index (χ0) is 15.6. The Bertz CT molecular complexity index is 676. The van der Waals surface area contributed by atoms with Crippen molar-refractivity contribution in [3.63, 3.8) is 0 Å². The first kappa shape index (κ1) is 15.5. The van der Waals surface area contributed by atoms with Crippen molar-refractivity contribution in [1.29, 1.82) is 0 Å². The summed E-state index contributed by atoms with van der Waals surface area (Å²) in [5.74, 6) is 0.630. The van der Waals surface area contributed by atoms with E-state index < -0.39 is 4.92 Å². The summed E-state index contributed by atoms with van der Waals surface area (Å²) in [7, 11) is 3.42. The molecule has 2 aromatic rings. The number of nitrogens with zero attached hydrogens (tertiary/aromatic N) is 4. The quantitative estimate of drug-likeness (QED) is 0.671. The highest BCUT2D eigenvalue weighted by Gasteiger charge is 2.25. The Balaban J connectivity index is 2.40. The molecule has 0 saturated carbocycles. The van der Waals surface area contributed by atoms with E-state index in [4.69, 9.17) is 11.6 Å². The van der Waals surface area contributed by atoms with Crippen molar-refractivity contribution >= 4 is 40.4 Å². The van der Waals surface area contributed by atoms with Crippen molar-refractivity contribution < 1.29 is 4.92 Å². The molecule has 0 aliphatic rings. The first-order valence-electron chi connectivity index (χ1n) is 6.08. The van der Waals surface area contributed by atoms with Crippen LogP contribution in [0.3, 0.4) is 0 Å². The van der Waals surface area contributed by atoms with Crippen LogP contribution in [0.5, 0.6) is 0 Å². The van der Waals surface area contributed by atoms with Crippen LogP contribution in [0.4, 0.5) is 17.5 Å². The first-order chi connectivity index (χ1) is 9.92. The molecule has 2 rings (SSSR count). The Morgan fingerprint density at radius 1 is 1.48 bits per heavy atom. The number of hydrogen-bond donors (Lipinski definition) is 1. The lowest BCUT2D eigenvalue weighted by atomic mass is 10.3. The molecule has 0 spiro atoms. The lowest BCUT2D eigenvalue weighted by Crippen LogP contribution is -2.20. The van der Waals surface area contributed by atoms with Gasteiger partial charge in [-0.25, -0.2) is 4.98 Å². The van der Waals surface area contributed by atoms with E-state index in [9.17, 15) is 10.1 Å². The standard InChI is InChI=1S/C12H14ClN5O2S/c1-7-10(18(19)20)11(16-12(14-2)15-7)17(3)6-8-4-5-9(13)21-8/h4-5H,6H2,1-3H3,(H,14,15,16). The third-order valence-electron chi connectivity index (χ3n) is 2.83. The van der Waals surface area contributed by atoms with Gasteiger partial charge in [0.05, 0.1) is 15.8 Å². The summed E-state index contributed by atoms with van der Waals surface area (Å²) in [5.41, 5.74) is 0.240. The topological polar surface area (TPSA) is 84.2 Å². The molecule has 0 unspecified atom stereocenters. The Hall–Kier alpha value is -1.93. The highest BCUT2D eigenvalue weighted by molar-refractivity contribution is 7.16. The fraction of sp³-hybridized carbons (Fsp3) is 0.333. The lowest BCUT2D eigenvalue weighted by Gasteiger charge is -2.18. The van der Waals surface area contributed by atoms with Crippen molar-refractivity contribution in [3.8, 4) is 0 Å². The van der Waals surface area contributed by atoms with Gasteiger partial charge in [0, 0.05) is 19.0 Å². The number of aromatic nitrogens is 2. The van der Waals surface area contributed by atoms with Gasteiger partial charge in [-0.05, 0) is 19.1 Å². The monoisotopic (exact) mass is 327 g/mol. The average molecular weight is 328 g/mol. The molecular weight excluding hydrogens is 314 g/mol. The fourth-order valence-electron chi connectivity index (χ4n) is 1.89. The first-order valence-corrected chi connectivity index (χ1v) is 7.28. The van der Waals surface area contributed by atoms with Gasteiger partial charge in [-0.3, -0.25) is 10.1 Å². The second-order valence-corrected chi connectivity index (χ2v) is 6.17. The van der Waals surface area contributed by atoms with E-state index in [1.807, 2.05) is 6.07 Å². The van der Waals surface area contributed by atoms with Gasteiger partial charge >= 0.3 is 5.69 Å². The smallest absolute Gasteiger partial charge is 0.332 e. The van der Waals surface area contributed by atoms with Gasteiger partial charge in [-0.2, -0.15) is 4.98 Å². The van der Waals surface area contributed by atoms with Crippen molar-refractivity contribution in [1.82, 2.24) is 9.97 Å². The van der Waals surface area contributed by atoms with E-state index in [0.29, 0.717) is 22.5 Å². The zero-order valence-electron chi connectivity index (χ0n) is 11.8. The molecule has 0 fully saturated rings. The van der Waals surface area contributed by atoms with Crippen molar-refractivity contribution in [2.24, 2.45) is 0 Å². The second-order valence-electron chi connectivity index (χ2n) is 4.37. The van der Waals surface area contributed by atoms with E-state index in [1.165, 1.54) is 11.3 Å². The van der Waals surface area contributed by atoms with Crippen LogP contribution in [0.15, 0.2) is 12.1 Å². The molecule has 7 nitrogen and oxygen atoms in total. The predicted octanol–water partition coefficient (Wildman–Crippen LogP) is 3.09. The molecular formula is C12H14ClN5O2S. The van der Waals surface area contributed by atoms with E-state index in [0.717, 1.165) is 4.88 Å². The average Bonchev–Trinajstić information content (AvgIpc) is 2.82. The summed E-state index contributed by atoms with van der Waals surface area (Å²) < 4.78 is 0.683. The largest absolute Gasteiger partial charge is 0.357 e. The predicted molar refractivity (Wildman–Crippen MR) is 84.4 cm³/mol. The molecule has 0 aromatic carbocycles. The third kappa shape index (κ3) is 3.40. The van der Waals surface area contributed by atoms with Crippen LogP contribution >= 0.6 is 22.9 Å². The molecule has 1 N–H and O–H groups in total. The maximum atomic E-state index is 11.3. The van der Waals surface area contributed by atoms with E-state index >= 15 is 0 Å². The van der Waals surface area contributed by atoms with Crippen LogP contribution in [0.2, 0.25) is 4.34 Å². The normalized spacial score (nSPS) is 10.5. The van der Waals surface area contributed by atoms with E-state index in [2.05, 4.69) is 15.3 Å². The molecule has 0 saturated heterocycles. The number of rotatable bonds is 5. The fourth-order valence-corrected chi connectivity index (χ4v) is 3.03. The maximum absolute atomic E-state index is 11.3. The maximum Gasteiger partial charge on any atom is 0.332 e. The number of anilines is 2. The lowest BCUT2D eigenvalue weighted by molar-refractivity contribution is -0.385. The van der Waals surface area contributed by atoms with Crippen LogP contribution in [-0.2, 0) is 6.54 Å². The van der Waals surface area contributed by atoms with Crippen molar-refractivity contribution in [2.75, 3.05) is 24.3 Å². The Morgan fingerprint density at radius 2 is 2.19 bits per heavy atom. The van der Waals surface area contributed by atoms with Gasteiger partial charge in [0.1, 0.15) is 5.69 Å². The van der Waals surface area contributed by atoms with Gasteiger partial charge < -0.3 is 10.2 Å².